The Labute approximate surface area is 191 Å². The highest BCUT2D eigenvalue weighted by Gasteiger charge is 2.28. The number of nitrogens with one attached hydrogen (secondary N) is 1. The molecule has 174 valence electrons. The lowest BCUT2D eigenvalue weighted by Crippen LogP contribution is -2.37. The highest BCUT2D eigenvalue weighted by molar-refractivity contribution is 7.89. The van der Waals surface area contributed by atoms with Crippen LogP contribution in [0.15, 0.2) is 41.3 Å². The predicted octanol–water partition coefficient (Wildman–Crippen LogP) is 3.20. The number of fused-ring (bicyclic) bond motifs is 1. The molecular weight excluding hydrogens is 426 g/mol. The third kappa shape index (κ3) is 4.72. The van der Waals surface area contributed by atoms with E-state index in [9.17, 15) is 8.42 Å². The molecular formula is C24H33N3O4S. The van der Waals surface area contributed by atoms with E-state index in [1.54, 1.807) is 12.1 Å². The zero-order chi connectivity index (χ0) is 22.7. The molecule has 0 spiro atoms. The lowest BCUT2D eigenvalue weighted by molar-refractivity contribution is 0.246. The normalized spacial score (nSPS) is 17.8. The number of ether oxygens (including phenoxy) is 2. The van der Waals surface area contributed by atoms with Gasteiger partial charge in [0.15, 0.2) is 0 Å². The van der Waals surface area contributed by atoms with E-state index in [0.717, 1.165) is 45.3 Å². The lowest BCUT2D eigenvalue weighted by atomic mass is 9.96. The van der Waals surface area contributed by atoms with Crippen molar-refractivity contribution >= 4 is 15.7 Å². The van der Waals surface area contributed by atoms with E-state index in [1.807, 2.05) is 0 Å². The average molecular weight is 460 g/mol. The molecule has 2 aliphatic rings. The minimum atomic E-state index is -3.78. The fraction of sp³-hybridized carbons (Fsp3) is 0.500. The van der Waals surface area contributed by atoms with Crippen molar-refractivity contribution in [3.63, 3.8) is 0 Å². The number of likely N-dealkylation sites (tertiary alicyclic amines) is 1. The van der Waals surface area contributed by atoms with Crippen molar-refractivity contribution in [1.82, 2.24) is 9.62 Å². The Balaban J connectivity index is 1.61. The summed E-state index contributed by atoms with van der Waals surface area (Å²) in [6.07, 6.45) is 4.48. The van der Waals surface area contributed by atoms with Crippen molar-refractivity contribution in [3.05, 3.63) is 47.5 Å². The minimum absolute atomic E-state index is 0.0126. The van der Waals surface area contributed by atoms with E-state index >= 15 is 0 Å². The number of hydrogen-bond acceptors (Lipinski definition) is 6. The zero-order valence-electron chi connectivity index (χ0n) is 19.1. The van der Waals surface area contributed by atoms with Gasteiger partial charge in [-0.25, -0.2) is 13.1 Å². The van der Waals surface area contributed by atoms with Crippen molar-refractivity contribution in [2.24, 2.45) is 0 Å². The molecule has 2 heterocycles. The van der Waals surface area contributed by atoms with Crippen LogP contribution in [0.1, 0.15) is 36.4 Å². The first kappa shape index (κ1) is 22.9. The molecule has 0 saturated carbocycles. The van der Waals surface area contributed by atoms with Gasteiger partial charge in [0, 0.05) is 37.9 Å². The van der Waals surface area contributed by atoms with Gasteiger partial charge in [0.2, 0.25) is 10.0 Å². The molecule has 2 aromatic carbocycles. The summed E-state index contributed by atoms with van der Waals surface area (Å²) < 4.78 is 39.9. The molecule has 0 amide bonds. The Hall–Kier alpha value is -2.29. The van der Waals surface area contributed by atoms with E-state index in [1.165, 1.54) is 37.1 Å². The summed E-state index contributed by atoms with van der Waals surface area (Å²) in [5.41, 5.74) is 3.79. The maximum Gasteiger partial charge on any atom is 0.244 e. The molecule has 4 rings (SSSR count). The van der Waals surface area contributed by atoms with Crippen LogP contribution in [0.3, 0.4) is 0 Å². The predicted molar refractivity (Wildman–Crippen MR) is 126 cm³/mol. The molecule has 0 radical (unpaired) electrons. The Morgan fingerprint density at radius 3 is 2.50 bits per heavy atom. The van der Waals surface area contributed by atoms with E-state index in [0.29, 0.717) is 18.0 Å². The highest BCUT2D eigenvalue weighted by atomic mass is 32.2. The molecule has 0 unspecified atom stereocenters. The topological polar surface area (TPSA) is 71.1 Å². The fourth-order valence-electron chi connectivity index (χ4n) is 4.78. The summed E-state index contributed by atoms with van der Waals surface area (Å²) in [6, 6.07) is 11.4. The van der Waals surface area contributed by atoms with Gasteiger partial charge in [0.05, 0.1) is 14.2 Å². The van der Waals surface area contributed by atoms with Gasteiger partial charge >= 0.3 is 0 Å². The molecule has 2 aliphatic heterocycles. The summed E-state index contributed by atoms with van der Waals surface area (Å²) in [6.45, 7) is 3.33. The van der Waals surface area contributed by atoms with Gasteiger partial charge in [0.25, 0.3) is 0 Å². The van der Waals surface area contributed by atoms with Crippen LogP contribution in [0.4, 0.5) is 5.69 Å². The molecule has 8 heteroatoms. The van der Waals surface area contributed by atoms with Crippen LogP contribution in [0.2, 0.25) is 0 Å². The van der Waals surface area contributed by atoms with E-state index in [-0.39, 0.29) is 10.9 Å². The molecule has 0 aliphatic carbocycles. The first-order valence-electron chi connectivity index (χ1n) is 11.2. The van der Waals surface area contributed by atoms with Gasteiger partial charge in [-0.05, 0) is 68.1 Å². The molecule has 1 atom stereocenters. The number of benzene rings is 2. The van der Waals surface area contributed by atoms with E-state index in [4.69, 9.17) is 9.47 Å². The van der Waals surface area contributed by atoms with Crippen LogP contribution >= 0.6 is 0 Å². The summed E-state index contributed by atoms with van der Waals surface area (Å²) >= 11 is 0. The van der Waals surface area contributed by atoms with Crippen LogP contribution < -0.4 is 19.1 Å². The molecule has 1 fully saturated rings. The van der Waals surface area contributed by atoms with Gasteiger partial charge in [-0.15, -0.1) is 0 Å². The Morgan fingerprint density at radius 2 is 1.78 bits per heavy atom. The van der Waals surface area contributed by atoms with Gasteiger partial charge in [0.1, 0.15) is 16.4 Å². The fourth-order valence-corrected chi connectivity index (χ4v) is 6.00. The monoisotopic (exact) mass is 459 g/mol. The van der Waals surface area contributed by atoms with E-state index in [2.05, 4.69) is 39.8 Å². The van der Waals surface area contributed by atoms with Gasteiger partial charge in [-0.1, -0.05) is 12.1 Å². The maximum atomic E-state index is 13.2. The lowest BCUT2D eigenvalue weighted by Gasteiger charge is -2.32. The third-order valence-electron chi connectivity index (χ3n) is 6.55. The summed E-state index contributed by atoms with van der Waals surface area (Å²) in [4.78, 5) is 4.77. The van der Waals surface area contributed by atoms with Crippen LogP contribution in [0.5, 0.6) is 11.5 Å². The molecule has 32 heavy (non-hydrogen) atoms. The Bertz CT molecular complexity index is 1050. The Kier molecular flexibility index (Phi) is 6.93. The summed E-state index contributed by atoms with van der Waals surface area (Å²) in [7, 11) is 1.33. The van der Waals surface area contributed by atoms with Crippen LogP contribution in [-0.2, 0) is 16.4 Å². The second-order valence-corrected chi connectivity index (χ2v) is 10.3. The number of rotatable bonds is 8. The molecule has 0 aromatic heterocycles. The molecule has 2 aromatic rings. The van der Waals surface area contributed by atoms with Crippen molar-refractivity contribution in [3.8, 4) is 11.5 Å². The first-order valence-corrected chi connectivity index (χ1v) is 12.7. The van der Waals surface area contributed by atoms with Crippen molar-refractivity contribution in [1.29, 1.82) is 0 Å². The van der Waals surface area contributed by atoms with Gasteiger partial charge < -0.3 is 14.4 Å². The largest absolute Gasteiger partial charge is 0.497 e. The average Bonchev–Trinajstić information content (AvgIpc) is 3.33. The number of methoxy groups -OCH3 is 2. The molecule has 1 saturated heterocycles. The number of sulfonamides is 1. The Morgan fingerprint density at radius 1 is 1.00 bits per heavy atom. The van der Waals surface area contributed by atoms with E-state index < -0.39 is 10.0 Å². The first-order chi connectivity index (χ1) is 15.4. The highest BCUT2D eigenvalue weighted by Crippen LogP contribution is 2.33. The molecule has 0 bridgehead atoms. The number of hydrogen-bond donors (Lipinski definition) is 1. The molecule has 7 nitrogen and oxygen atoms in total. The number of aryl methyl sites for hydroxylation is 1. The quantitative estimate of drug-likeness (QED) is 0.654. The van der Waals surface area contributed by atoms with Crippen molar-refractivity contribution in [2.75, 3.05) is 52.3 Å². The van der Waals surface area contributed by atoms with Gasteiger partial charge in [-0.3, -0.25) is 4.90 Å². The van der Waals surface area contributed by atoms with Gasteiger partial charge in [-0.2, -0.15) is 0 Å². The summed E-state index contributed by atoms with van der Waals surface area (Å²) in [5, 5.41) is 0. The molecule has 1 N–H and O–H groups in total. The third-order valence-corrected chi connectivity index (χ3v) is 7.99. The second kappa shape index (κ2) is 9.68. The van der Waals surface area contributed by atoms with Crippen molar-refractivity contribution in [2.45, 2.75) is 36.6 Å². The van der Waals surface area contributed by atoms with Crippen LogP contribution in [-0.4, -0.2) is 60.8 Å². The van der Waals surface area contributed by atoms with Crippen molar-refractivity contribution < 1.29 is 17.9 Å². The maximum absolute atomic E-state index is 13.2. The summed E-state index contributed by atoms with van der Waals surface area (Å²) in [5.74, 6) is 0.772. The number of nitrogens with zero attached hydrogens (tertiary/aromatic N) is 2. The number of anilines is 1. The minimum Gasteiger partial charge on any atom is -0.497 e. The van der Waals surface area contributed by atoms with Crippen LogP contribution in [0.25, 0.3) is 0 Å². The standard InChI is InChI=1S/C24H33N3O4S/c1-26-12-6-7-18-15-19(8-10-21(18)26)22(27-13-4-5-14-27)17-25-32(28,29)24-16-20(30-2)9-11-23(24)31-3/h8-11,15-16,22,25H,4-7,12-14,17H2,1-3H3/t22-/m0/s1. The van der Waals surface area contributed by atoms with Crippen LogP contribution in [0, 0.1) is 0 Å². The SMILES string of the molecule is COc1ccc(OC)c(S(=O)(=O)NC[C@@H](c2ccc3c(c2)CCCN3C)N2CCCC2)c1. The smallest absolute Gasteiger partial charge is 0.244 e. The second-order valence-electron chi connectivity index (χ2n) is 8.54. The zero-order valence-corrected chi connectivity index (χ0v) is 20.0.